The molecule has 0 atom stereocenters. The molecule has 1 aromatic carbocycles. The molecule has 120 valence electrons. The Morgan fingerprint density at radius 1 is 1.14 bits per heavy atom. The zero-order chi connectivity index (χ0) is 16.0. The van der Waals surface area contributed by atoms with Gasteiger partial charge in [-0.1, -0.05) is 31.4 Å². The molecule has 0 spiro atoms. The molecule has 0 radical (unpaired) electrons. The third-order valence-electron chi connectivity index (χ3n) is 4.21. The second kappa shape index (κ2) is 7.40. The Hall–Kier alpha value is -1.88. The third kappa shape index (κ3) is 4.56. The summed E-state index contributed by atoms with van der Waals surface area (Å²) in [5.41, 5.74) is 0.691. The first-order chi connectivity index (χ1) is 10.5. The van der Waals surface area contributed by atoms with Crippen LogP contribution < -0.4 is 10.6 Å². The summed E-state index contributed by atoms with van der Waals surface area (Å²) >= 11 is 0. The number of aliphatic hydroxyl groups is 1. The second-order valence-electron chi connectivity index (χ2n) is 6.01. The lowest BCUT2D eigenvalue weighted by Gasteiger charge is -2.31. The van der Waals surface area contributed by atoms with Gasteiger partial charge in [-0.3, -0.25) is 9.59 Å². The molecule has 22 heavy (non-hydrogen) atoms. The van der Waals surface area contributed by atoms with Crippen LogP contribution in [0.25, 0.3) is 0 Å². The van der Waals surface area contributed by atoms with Crippen LogP contribution in [0.1, 0.15) is 54.4 Å². The van der Waals surface area contributed by atoms with Gasteiger partial charge in [-0.05, 0) is 30.5 Å². The number of nitrogens with one attached hydrogen (secondary N) is 2. The summed E-state index contributed by atoms with van der Waals surface area (Å²) in [5.74, 6) is -0.255. The van der Waals surface area contributed by atoms with Crippen LogP contribution in [-0.2, 0) is 11.3 Å². The van der Waals surface area contributed by atoms with E-state index in [0.29, 0.717) is 24.9 Å². The van der Waals surface area contributed by atoms with Gasteiger partial charge in [0.05, 0.1) is 12.0 Å². The second-order valence-corrected chi connectivity index (χ2v) is 6.01. The highest BCUT2D eigenvalue weighted by Gasteiger charge is 2.31. The molecule has 0 saturated heterocycles. The number of benzene rings is 1. The van der Waals surface area contributed by atoms with Crippen molar-refractivity contribution in [1.82, 2.24) is 10.6 Å². The summed E-state index contributed by atoms with van der Waals surface area (Å²) in [7, 11) is 1.59. The fraction of sp³-hybridized carbons (Fsp3) is 0.529. The predicted molar refractivity (Wildman–Crippen MR) is 84.3 cm³/mol. The standard InChI is InChI=1S/C17H24N2O3/c1-18-16(21)14-7-5-13(6-8-14)12-19-15(20)11-17(22)9-3-2-4-10-17/h5-8,22H,2-4,9-12H2,1H3,(H,18,21)(H,19,20). The molecular formula is C17H24N2O3. The maximum atomic E-state index is 12.0. The summed E-state index contributed by atoms with van der Waals surface area (Å²) in [4.78, 5) is 23.4. The van der Waals surface area contributed by atoms with Gasteiger partial charge in [0, 0.05) is 19.2 Å². The highest BCUT2D eigenvalue weighted by atomic mass is 16.3. The van der Waals surface area contributed by atoms with Crippen LogP contribution in [0.15, 0.2) is 24.3 Å². The van der Waals surface area contributed by atoms with Crippen molar-refractivity contribution in [2.45, 2.75) is 50.7 Å². The van der Waals surface area contributed by atoms with E-state index in [1.165, 1.54) is 0 Å². The van der Waals surface area contributed by atoms with Crippen molar-refractivity contribution >= 4 is 11.8 Å². The Morgan fingerprint density at radius 2 is 1.77 bits per heavy atom. The topological polar surface area (TPSA) is 78.4 Å². The largest absolute Gasteiger partial charge is 0.389 e. The number of hydrogen-bond acceptors (Lipinski definition) is 3. The number of hydrogen-bond donors (Lipinski definition) is 3. The van der Waals surface area contributed by atoms with Gasteiger partial charge in [0.25, 0.3) is 5.91 Å². The lowest BCUT2D eigenvalue weighted by Crippen LogP contribution is -2.38. The van der Waals surface area contributed by atoms with Crippen molar-refractivity contribution in [2.75, 3.05) is 7.05 Å². The van der Waals surface area contributed by atoms with E-state index in [-0.39, 0.29) is 18.2 Å². The van der Waals surface area contributed by atoms with Crippen molar-refractivity contribution in [3.05, 3.63) is 35.4 Å². The molecule has 1 saturated carbocycles. The first-order valence-electron chi connectivity index (χ1n) is 7.82. The molecule has 2 rings (SSSR count). The molecule has 1 aliphatic rings. The Bertz CT molecular complexity index is 519. The Kier molecular flexibility index (Phi) is 5.55. The number of carbonyl (C=O) groups excluding carboxylic acids is 2. The summed E-state index contributed by atoms with van der Waals surface area (Å²) in [5, 5.41) is 15.8. The minimum absolute atomic E-state index is 0.125. The van der Waals surface area contributed by atoms with E-state index in [9.17, 15) is 14.7 Å². The maximum absolute atomic E-state index is 12.0. The van der Waals surface area contributed by atoms with Crippen LogP contribution in [0.4, 0.5) is 0 Å². The average Bonchev–Trinajstić information content (AvgIpc) is 2.53. The summed E-state index contributed by atoms with van der Waals surface area (Å²) in [6.07, 6.45) is 4.71. The van der Waals surface area contributed by atoms with E-state index in [2.05, 4.69) is 10.6 Å². The van der Waals surface area contributed by atoms with Crippen LogP contribution in [0, 0.1) is 0 Å². The van der Waals surface area contributed by atoms with Gasteiger partial charge in [-0.25, -0.2) is 0 Å². The molecule has 3 N–H and O–H groups in total. The predicted octanol–water partition coefficient (Wildman–Crippen LogP) is 1.75. The third-order valence-corrected chi connectivity index (χ3v) is 4.21. The van der Waals surface area contributed by atoms with E-state index in [4.69, 9.17) is 0 Å². The van der Waals surface area contributed by atoms with Gasteiger partial charge < -0.3 is 15.7 Å². The molecule has 0 aliphatic heterocycles. The van der Waals surface area contributed by atoms with Crippen LogP contribution in [0.3, 0.4) is 0 Å². The van der Waals surface area contributed by atoms with Gasteiger partial charge in [0.1, 0.15) is 0 Å². The molecule has 0 bridgehead atoms. The van der Waals surface area contributed by atoms with E-state index < -0.39 is 5.60 Å². The van der Waals surface area contributed by atoms with E-state index >= 15 is 0 Å². The molecule has 1 aromatic rings. The van der Waals surface area contributed by atoms with Crippen LogP contribution in [-0.4, -0.2) is 29.6 Å². The molecule has 5 heteroatoms. The van der Waals surface area contributed by atoms with E-state index in [1.54, 1.807) is 19.2 Å². The Balaban J connectivity index is 1.82. The number of carbonyl (C=O) groups is 2. The minimum atomic E-state index is -0.828. The zero-order valence-corrected chi connectivity index (χ0v) is 13.0. The highest BCUT2D eigenvalue weighted by molar-refractivity contribution is 5.93. The molecule has 1 aliphatic carbocycles. The van der Waals surface area contributed by atoms with Crippen LogP contribution >= 0.6 is 0 Å². The molecule has 0 unspecified atom stereocenters. The van der Waals surface area contributed by atoms with Crippen molar-refractivity contribution in [3.8, 4) is 0 Å². The molecule has 1 fully saturated rings. The van der Waals surface area contributed by atoms with Gasteiger partial charge in [0.2, 0.25) is 5.91 Å². The smallest absolute Gasteiger partial charge is 0.251 e. The molecule has 0 heterocycles. The fourth-order valence-corrected chi connectivity index (χ4v) is 2.87. The maximum Gasteiger partial charge on any atom is 0.251 e. The lowest BCUT2D eigenvalue weighted by atomic mass is 9.82. The van der Waals surface area contributed by atoms with Gasteiger partial charge in [0.15, 0.2) is 0 Å². The fourth-order valence-electron chi connectivity index (χ4n) is 2.87. The normalized spacial score (nSPS) is 16.8. The quantitative estimate of drug-likeness (QED) is 0.775. The van der Waals surface area contributed by atoms with E-state index in [0.717, 1.165) is 24.8 Å². The SMILES string of the molecule is CNC(=O)c1ccc(CNC(=O)CC2(O)CCCCC2)cc1. The molecular weight excluding hydrogens is 280 g/mol. The van der Waals surface area contributed by atoms with Gasteiger partial charge >= 0.3 is 0 Å². The average molecular weight is 304 g/mol. The van der Waals surface area contributed by atoms with Crippen molar-refractivity contribution in [2.24, 2.45) is 0 Å². The molecule has 2 amide bonds. The summed E-state index contributed by atoms with van der Waals surface area (Å²) < 4.78 is 0. The molecule has 5 nitrogen and oxygen atoms in total. The Morgan fingerprint density at radius 3 is 2.36 bits per heavy atom. The lowest BCUT2D eigenvalue weighted by molar-refractivity contribution is -0.127. The van der Waals surface area contributed by atoms with Crippen molar-refractivity contribution < 1.29 is 14.7 Å². The Labute approximate surface area is 131 Å². The number of amides is 2. The van der Waals surface area contributed by atoms with Gasteiger partial charge in [-0.2, -0.15) is 0 Å². The van der Waals surface area contributed by atoms with Crippen LogP contribution in [0.5, 0.6) is 0 Å². The molecule has 0 aromatic heterocycles. The monoisotopic (exact) mass is 304 g/mol. The summed E-state index contributed by atoms with van der Waals surface area (Å²) in [6.45, 7) is 0.406. The van der Waals surface area contributed by atoms with Crippen molar-refractivity contribution in [3.63, 3.8) is 0 Å². The first kappa shape index (κ1) is 16.5. The van der Waals surface area contributed by atoms with Crippen LogP contribution in [0.2, 0.25) is 0 Å². The summed E-state index contributed by atoms with van der Waals surface area (Å²) in [6, 6.07) is 7.10. The van der Waals surface area contributed by atoms with Gasteiger partial charge in [-0.15, -0.1) is 0 Å². The zero-order valence-electron chi connectivity index (χ0n) is 13.0. The van der Waals surface area contributed by atoms with Crippen molar-refractivity contribution in [1.29, 1.82) is 0 Å². The van der Waals surface area contributed by atoms with E-state index in [1.807, 2.05) is 12.1 Å². The minimum Gasteiger partial charge on any atom is -0.389 e. The highest BCUT2D eigenvalue weighted by Crippen LogP contribution is 2.30. The number of rotatable bonds is 5. The first-order valence-corrected chi connectivity index (χ1v) is 7.82.